The first-order valence-corrected chi connectivity index (χ1v) is 13.7. The summed E-state index contributed by atoms with van der Waals surface area (Å²) >= 11 is 1.64. The lowest BCUT2D eigenvalue weighted by Gasteiger charge is -2.32. The summed E-state index contributed by atoms with van der Waals surface area (Å²) < 4.78 is 13.0. The number of thiophene rings is 1. The molecular formula is C28H27N7O2S. The van der Waals surface area contributed by atoms with Crippen LogP contribution in [0.2, 0.25) is 0 Å². The van der Waals surface area contributed by atoms with Crippen molar-refractivity contribution in [2.45, 2.75) is 25.4 Å². The number of imidazole rings is 1. The number of nitrogens with one attached hydrogen (secondary N) is 2. The zero-order valence-electron chi connectivity index (χ0n) is 20.7. The summed E-state index contributed by atoms with van der Waals surface area (Å²) in [5.41, 5.74) is 4.70. The molecule has 2 aliphatic heterocycles. The molecule has 10 heteroatoms. The fraction of sp³-hybridized carbons (Fsp3) is 0.250. The summed E-state index contributed by atoms with van der Waals surface area (Å²) in [6, 6.07) is 18.8. The zero-order valence-corrected chi connectivity index (χ0v) is 21.5. The maximum absolute atomic E-state index is 5.56. The van der Waals surface area contributed by atoms with Crippen LogP contribution in [-0.2, 0) is 6.54 Å². The Hall–Kier alpha value is -4.15. The Morgan fingerprint density at radius 2 is 1.84 bits per heavy atom. The van der Waals surface area contributed by atoms with E-state index in [2.05, 4.69) is 67.7 Å². The predicted molar refractivity (Wildman–Crippen MR) is 149 cm³/mol. The second kappa shape index (κ2) is 9.96. The lowest BCUT2D eigenvalue weighted by atomic mass is 10.0. The zero-order chi connectivity index (χ0) is 25.3. The van der Waals surface area contributed by atoms with Gasteiger partial charge < -0.3 is 20.1 Å². The highest BCUT2D eigenvalue weighted by Crippen LogP contribution is 2.36. The van der Waals surface area contributed by atoms with E-state index in [1.807, 2.05) is 22.8 Å². The molecule has 5 heterocycles. The fourth-order valence-corrected chi connectivity index (χ4v) is 5.63. The molecule has 2 aliphatic rings. The van der Waals surface area contributed by atoms with Crippen LogP contribution in [0.3, 0.4) is 0 Å². The minimum Gasteiger partial charge on any atom is -0.454 e. The maximum Gasteiger partial charge on any atom is 0.231 e. The number of anilines is 3. The van der Waals surface area contributed by atoms with Gasteiger partial charge in [-0.2, -0.15) is 21.3 Å². The number of hydrogen-bond acceptors (Lipinski definition) is 9. The Bertz CT molecular complexity index is 1550. The molecule has 7 rings (SSSR count). The molecule has 0 radical (unpaired) electrons. The summed E-state index contributed by atoms with van der Waals surface area (Å²) in [7, 11) is 0. The van der Waals surface area contributed by atoms with Crippen molar-refractivity contribution in [3.8, 4) is 17.2 Å². The Kier molecular flexibility index (Phi) is 6.03. The molecule has 0 unspecified atom stereocenters. The van der Waals surface area contributed by atoms with E-state index >= 15 is 0 Å². The van der Waals surface area contributed by atoms with Crippen LogP contribution in [0.15, 0.2) is 71.7 Å². The largest absolute Gasteiger partial charge is 0.454 e. The molecule has 0 atom stereocenters. The molecule has 2 N–H and O–H groups in total. The van der Waals surface area contributed by atoms with Crippen molar-refractivity contribution in [2.24, 2.45) is 0 Å². The first-order chi connectivity index (χ1) is 18.8. The quantitative estimate of drug-likeness (QED) is 0.291. The highest BCUT2D eigenvalue weighted by Gasteiger charge is 2.22. The van der Waals surface area contributed by atoms with Crippen molar-refractivity contribution in [3.05, 3.63) is 77.2 Å². The van der Waals surface area contributed by atoms with Crippen LogP contribution in [0.25, 0.3) is 16.9 Å². The van der Waals surface area contributed by atoms with Crippen molar-refractivity contribution in [1.29, 1.82) is 0 Å². The molecule has 0 aliphatic carbocycles. The Morgan fingerprint density at radius 1 is 0.974 bits per heavy atom. The van der Waals surface area contributed by atoms with E-state index in [9.17, 15) is 0 Å². The summed E-state index contributed by atoms with van der Waals surface area (Å²) in [6.07, 6.45) is 3.87. The van der Waals surface area contributed by atoms with Crippen LogP contribution in [-0.4, -0.2) is 50.3 Å². The van der Waals surface area contributed by atoms with Crippen LogP contribution in [0.4, 0.5) is 17.5 Å². The molecule has 0 saturated carbocycles. The molecule has 5 aromatic rings. The van der Waals surface area contributed by atoms with Crippen LogP contribution in [0, 0.1) is 0 Å². The summed E-state index contributed by atoms with van der Waals surface area (Å²) in [6.45, 7) is 3.28. The van der Waals surface area contributed by atoms with Crippen molar-refractivity contribution in [3.63, 3.8) is 0 Å². The average Bonchev–Trinajstić information content (AvgIpc) is 3.71. The van der Waals surface area contributed by atoms with E-state index < -0.39 is 0 Å². The van der Waals surface area contributed by atoms with E-state index in [1.54, 1.807) is 17.7 Å². The third kappa shape index (κ3) is 4.64. The second-order valence-electron chi connectivity index (χ2n) is 9.54. The molecular weight excluding hydrogens is 498 g/mol. The Balaban J connectivity index is 1.14. The van der Waals surface area contributed by atoms with Gasteiger partial charge in [0.2, 0.25) is 12.7 Å². The molecule has 1 fully saturated rings. The van der Waals surface area contributed by atoms with Gasteiger partial charge >= 0.3 is 0 Å². The smallest absolute Gasteiger partial charge is 0.231 e. The van der Waals surface area contributed by atoms with Crippen LogP contribution in [0.1, 0.15) is 18.4 Å². The van der Waals surface area contributed by atoms with E-state index in [4.69, 9.17) is 19.4 Å². The fourth-order valence-electron chi connectivity index (χ4n) is 5.01. The third-order valence-electron chi connectivity index (χ3n) is 6.99. The normalized spacial score (nSPS) is 15.7. The first-order valence-electron chi connectivity index (χ1n) is 12.8. The predicted octanol–water partition coefficient (Wildman–Crippen LogP) is 5.43. The van der Waals surface area contributed by atoms with Gasteiger partial charge in [0.25, 0.3) is 0 Å². The summed E-state index contributed by atoms with van der Waals surface area (Å²) in [5, 5.41) is 11.2. The van der Waals surface area contributed by atoms with Crippen LogP contribution < -0.4 is 20.1 Å². The van der Waals surface area contributed by atoms with Crippen LogP contribution in [0.5, 0.6) is 11.5 Å². The van der Waals surface area contributed by atoms with Gasteiger partial charge in [0, 0.05) is 42.8 Å². The minimum atomic E-state index is 0.236. The molecule has 38 heavy (non-hydrogen) atoms. The average molecular weight is 526 g/mol. The lowest BCUT2D eigenvalue weighted by molar-refractivity contribution is 0.174. The molecule has 9 nitrogen and oxygen atoms in total. The minimum absolute atomic E-state index is 0.236. The van der Waals surface area contributed by atoms with Gasteiger partial charge in [-0.15, -0.1) is 0 Å². The number of ether oxygens (including phenoxy) is 2. The molecule has 0 amide bonds. The van der Waals surface area contributed by atoms with Gasteiger partial charge in [-0.05, 0) is 42.0 Å². The molecule has 3 aromatic heterocycles. The van der Waals surface area contributed by atoms with Gasteiger partial charge in [-0.3, -0.25) is 9.47 Å². The SMILES string of the molecule is c1ccc(CN2CCC(Nc3nc(Nc4ccc5c(c4)OCO5)c4ncn(-c5ccsc5)c4n3)CC2)cc1. The number of hydrogen-bond donors (Lipinski definition) is 2. The van der Waals surface area contributed by atoms with E-state index in [1.165, 1.54) is 5.56 Å². The number of benzene rings is 2. The van der Waals surface area contributed by atoms with Crippen molar-refractivity contribution in [2.75, 3.05) is 30.5 Å². The van der Waals surface area contributed by atoms with E-state index in [0.717, 1.165) is 55.2 Å². The van der Waals surface area contributed by atoms with Gasteiger partial charge in [0.05, 0.1) is 5.69 Å². The topological polar surface area (TPSA) is 89.4 Å². The molecule has 0 bridgehead atoms. The summed E-state index contributed by atoms with van der Waals surface area (Å²) in [5.74, 6) is 2.70. The standard InChI is InChI=1S/C28H27N7O2S/c1-2-4-19(5-3-1)15-34-11-8-20(9-12-34)31-28-32-26(30-21-6-7-23-24(14-21)37-18-36-23)25-27(33-28)35(17-29-25)22-10-13-38-16-22/h1-7,10,13-14,16-17,20H,8-9,11-12,15,18H2,(H2,30,31,32,33). The maximum atomic E-state index is 5.56. The molecule has 2 aromatic carbocycles. The first kappa shape index (κ1) is 23.0. The highest BCUT2D eigenvalue weighted by molar-refractivity contribution is 7.08. The second-order valence-corrected chi connectivity index (χ2v) is 10.3. The van der Waals surface area contributed by atoms with Gasteiger partial charge in [0.1, 0.15) is 6.33 Å². The Labute approximate surface area is 224 Å². The van der Waals surface area contributed by atoms with Gasteiger partial charge in [-0.1, -0.05) is 30.3 Å². The van der Waals surface area contributed by atoms with Gasteiger partial charge in [0.15, 0.2) is 28.5 Å². The van der Waals surface area contributed by atoms with Crippen molar-refractivity contribution in [1.82, 2.24) is 24.4 Å². The Morgan fingerprint density at radius 3 is 2.68 bits per heavy atom. The number of aromatic nitrogens is 4. The summed E-state index contributed by atoms with van der Waals surface area (Å²) in [4.78, 5) is 17.0. The van der Waals surface area contributed by atoms with Crippen molar-refractivity contribution < 1.29 is 9.47 Å². The third-order valence-corrected chi connectivity index (χ3v) is 7.66. The number of likely N-dealkylation sites (tertiary alicyclic amines) is 1. The van der Waals surface area contributed by atoms with Gasteiger partial charge in [-0.25, -0.2) is 4.98 Å². The number of fused-ring (bicyclic) bond motifs is 2. The lowest BCUT2D eigenvalue weighted by Crippen LogP contribution is -2.39. The monoisotopic (exact) mass is 525 g/mol. The molecule has 192 valence electrons. The van der Waals surface area contributed by atoms with E-state index in [-0.39, 0.29) is 6.79 Å². The number of piperidine rings is 1. The molecule has 1 saturated heterocycles. The molecule has 0 spiro atoms. The highest BCUT2D eigenvalue weighted by atomic mass is 32.1. The van der Waals surface area contributed by atoms with E-state index in [0.29, 0.717) is 29.1 Å². The van der Waals surface area contributed by atoms with Crippen LogP contribution >= 0.6 is 11.3 Å². The number of nitrogens with zero attached hydrogens (tertiary/aromatic N) is 5. The number of rotatable bonds is 7. The van der Waals surface area contributed by atoms with Crippen molar-refractivity contribution >= 4 is 40.0 Å².